The lowest BCUT2D eigenvalue weighted by Crippen LogP contribution is -2.39. The lowest BCUT2D eigenvalue weighted by molar-refractivity contribution is -0.139. The van der Waals surface area contributed by atoms with E-state index in [1.54, 1.807) is 51.3 Å². The molecule has 1 aliphatic rings. The summed E-state index contributed by atoms with van der Waals surface area (Å²) in [5.74, 6) is -0.894. The molecule has 0 radical (unpaired) electrons. The first-order valence-corrected chi connectivity index (χ1v) is 11.3. The van der Waals surface area contributed by atoms with E-state index >= 15 is 0 Å². The van der Waals surface area contributed by atoms with Crippen LogP contribution in [0.2, 0.25) is 0 Å². The first-order valence-electron chi connectivity index (χ1n) is 10.5. The van der Waals surface area contributed by atoms with Crippen LogP contribution in [0.15, 0.2) is 69.6 Å². The predicted octanol–water partition coefficient (Wildman–Crippen LogP) is 2.51. The predicted molar refractivity (Wildman–Crippen MR) is 127 cm³/mol. The number of allylic oxidation sites excluding steroid dienone is 1. The average molecular weight is 479 g/mol. The molecule has 174 valence electrons. The molecule has 0 saturated carbocycles. The summed E-state index contributed by atoms with van der Waals surface area (Å²) in [5.41, 5.74) is 2.04. The van der Waals surface area contributed by atoms with E-state index in [9.17, 15) is 14.4 Å². The lowest BCUT2D eigenvalue weighted by atomic mass is 9.96. The number of benzene rings is 2. The fourth-order valence-electron chi connectivity index (χ4n) is 3.77. The summed E-state index contributed by atoms with van der Waals surface area (Å²) in [4.78, 5) is 42.5. The Morgan fingerprint density at radius 2 is 1.82 bits per heavy atom. The van der Waals surface area contributed by atoms with E-state index in [4.69, 9.17) is 14.6 Å². The highest BCUT2D eigenvalue weighted by atomic mass is 32.1. The van der Waals surface area contributed by atoms with Crippen LogP contribution in [0.1, 0.15) is 41.4 Å². The van der Waals surface area contributed by atoms with Gasteiger partial charge in [0.05, 0.1) is 41.1 Å². The highest BCUT2D eigenvalue weighted by Crippen LogP contribution is 2.31. The van der Waals surface area contributed by atoms with Gasteiger partial charge in [0.25, 0.3) is 5.56 Å². The second-order valence-corrected chi connectivity index (χ2v) is 8.51. The van der Waals surface area contributed by atoms with Gasteiger partial charge in [-0.1, -0.05) is 35.6 Å². The number of carboxylic acid groups (broad SMARTS) is 1. The number of carbonyl (C=O) groups is 2. The van der Waals surface area contributed by atoms with Gasteiger partial charge in [-0.15, -0.1) is 0 Å². The maximum absolute atomic E-state index is 13.5. The zero-order chi connectivity index (χ0) is 24.4. The maximum atomic E-state index is 13.5. The van der Waals surface area contributed by atoms with Crippen LogP contribution in [0.25, 0.3) is 6.08 Å². The number of ether oxygens (including phenoxy) is 2. The number of aromatic nitrogens is 1. The fourth-order valence-corrected chi connectivity index (χ4v) is 4.81. The quantitative estimate of drug-likeness (QED) is 0.546. The van der Waals surface area contributed by atoms with Gasteiger partial charge in [-0.2, -0.15) is 0 Å². The highest BCUT2D eigenvalue weighted by Gasteiger charge is 2.33. The van der Waals surface area contributed by atoms with E-state index in [-0.39, 0.29) is 17.7 Å². The normalized spacial score (nSPS) is 15.5. The molecule has 8 nitrogen and oxygen atoms in total. The standard InChI is InChI=1S/C25H22N2O6S/c1-4-33-24(31)20-14(2)26-25-27(21(20)16-9-11-18(32-3)12-10-16)22(28)19(34-25)13-15-5-7-17(8-6-15)23(29)30/h5-13,21H,4H2,1-3H3,(H,29,30)/b19-13+. The van der Waals surface area contributed by atoms with E-state index in [0.717, 1.165) is 5.56 Å². The van der Waals surface area contributed by atoms with Gasteiger partial charge in [0.2, 0.25) is 0 Å². The van der Waals surface area contributed by atoms with E-state index in [1.807, 2.05) is 12.1 Å². The van der Waals surface area contributed by atoms with Gasteiger partial charge in [0.15, 0.2) is 4.80 Å². The van der Waals surface area contributed by atoms with Crippen LogP contribution in [0.5, 0.6) is 5.75 Å². The number of methoxy groups -OCH3 is 1. The number of thiazole rings is 1. The molecule has 1 N–H and O–H groups in total. The third kappa shape index (κ3) is 4.29. The van der Waals surface area contributed by atoms with Crippen molar-refractivity contribution in [2.45, 2.75) is 19.9 Å². The molecule has 1 aromatic heterocycles. The van der Waals surface area contributed by atoms with E-state index < -0.39 is 18.0 Å². The highest BCUT2D eigenvalue weighted by molar-refractivity contribution is 7.07. The van der Waals surface area contributed by atoms with Crippen molar-refractivity contribution < 1.29 is 24.2 Å². The third-order valence-corrected chi connectivity index (χ3v) is 6.39. The average Bonchev–Trinajstić information content (AvgIpc) is 3.13. The molecule has 0 fully saturated rings. The van der Waals surface area contributed by atoms with Gasteiger partial charge in [0.1, 0.15) is 5.75 Å². The molecule has 34 heavy (non-hydrogen) atoms. The van der Waals surface area contributed by atoms with Crippen LogP contribution >= 0.6 is 11.3 Å². The molecule has 0 saturated heterocycles. The van der Waals surface area contributed by atoms with Crippen molar-refractivity contribution in [3.63, 3.8) is 0 Å². The van der Waals surface area contributed by atoms with Gasteiger partial charge >= 0.3 is 11.9 Å². The Labute approximate surface area is 198 Å². The molecule has 0 amide bonds. The molecule has 4 rings (SSSR count). The number of carboxylic acids is 1. The third-order valence-electron chi connectivity index (χ3n) is 5.40. The van der Waals surface area contributed by atoms with Crippen molar-refractivity contribution in [1.29, 1.82) is 0 Å². The van der Waals surface area contributed by atoms with E-state index in [2.05, 4.69) is 4.99 Å². The number of nitrogens with zero attached hydrogens (tertiary/aromatic N) is 2. The number of hydrogen-bond donors (Lipinski definition) is 1. The molecular formula is C25H22N2O6S. The summed E-state index contributed by atoms with van der Waals surface area (Å²) in [6, 6.07) is 12.7. The van der Waals surface area contributed by atoms with Crippen LogP contribution < -0.4 is 19.6 Å². The zero-order valence-corrected chi connectivity index (χ0v) is 19.6. The van der Waals surface area contributed by atoms with Crippen molar-refractivity contribution >= 4 is 29.4 Å². The maximum Gasteiger partial charge on any atom is 0.338 e. The molecular weight excluding hydrogens is 456 g/mol. The fraction of sp³-hybridized carbons (Fsp3) is 0.200. The molecule has 0 spiro atoms. The number of rotatable bonds is 6. The SMILES string of the molecule is CCOC(=O)C1=C(C)N=c2s/c(=C/c3ccc(C(=O)O)cc3)c(=O)n2C1c1ccc(OC)cc1. The minimum atomic E-state index is -1.02. The summed E-state index contributed by atoms with van der Waals surface area (Å²) < 4.78 is 12.5. The summed E-state index contributed by atoms with van der Waals surface area (Å²) in [5, 5.41) is 9.10. The van der Waals surface area contributed by atoms with Crippen LogP contribution in [0.4, 0.5) is 0 Å². The van der Waals surface area contributed by atoms with Crippen molar-refractivity contribution in [2.24, 2.45) is 4.99 Å². The molecule has 3 aromatic rings. The smallest absolute Gasteiger partial charge is 0.338 e. The Balaban J connectivity index is 1.90. The second kappa shape index (κ2) is 9.48. The molecule has 2 heterocycles. The minimum absolute atomic E-state index is 0.160. The molecule has 1 atom stereocenters. The van der Waals surface area contributed by atoms with Crippen LogP contribution in [-0.2, 0) is 9.53 Å². The number of carbonyl (C=O) groups excluding carboxylic acids is 1. The van der Waals surface area contributed by atoms with Crippen LogP contribution in [0.3, 0.4) is 0 Å². The Bertz CT molecular complexity index is 1460. The van der Waals surface area contributed by atoms with Gasteiger partial charge < -0.3 is 14.6 Å². The first-order chi connectivity index (χ1) is 16.3. The Kier molecular flexibility index (Phi) is 6.47. The number of fused-ring (bicyclic) bond motifs is 1. The van der Waals surface area contributed by atoms with Crippen molar-refractivity contribution in [3.8, 4) is 5.75 Å². The largest absolute Gasteiger partial charge is 0.497 e. The number of aromatic carboxylic acids is 1. The molecule has 1 unspecified atom stereocenters. The Hall–Kier alpha value is -3.98. The minimum Gasteiger partial charge on any atom is -0.497 e. The summed E-state index contributed by atoms with van der Waals surface area (Å²) >= 11 is 1.21. The zero-order valence-electron chi connectivity index (χ0n) is 18.8. The van der Waals surface area contributed by atoms with Gasteiger partial charge in [-0.25, -0.2) is 14.6 Å². The lowest BCUT2D eigenvalue weighted by Gasteiger charge is -2.24. The number of esters is 1. The monoisotopic (exact) mass is 478 g/mol. The van der Waals surface area contributed by atoms with E-state index in [1.165, 1.54) is 28.0 Å². The Morgan fingerprint density at radius 3 is 2.41 bits per heavy atom. The van der Waals surface area contributed by atoms with Crippen molar-refractivity contribution in [2.75, 3.05) is 13.7 Å². The number of hydrogen-bond acceptors (Lipinski definition) is 7. The van der Waals surface area contributed by atoms with Gasteiger partial charge in [-0.3, -0.25) is 9.36 Å². The summed E-state index contributed by atoms with van der Waals surface area (Å²) in [6.07, 6.45) is 1.68. The second-order valence-electron chi connectivity index (χ2n) is 7.50. The van der Waals surface area contributed by atoms with E-state index in [0.29, 0.717) is 31.9 Å². The topological polar surface area (TPSA) is 107 Å². The molecule has 0 bridgehead atoms. The first kappa shape index (κ1) is 23.2. The molecule has 1 aliphatic heterocycles. The van der Waals surface area contributed by atoms with Gasteiger partial charge in [-0.05, 0) is 55.3 Å². The molecule has 9 heteroatoms. The van der Waals surface area contributed by atoms with Crippen LogP contribution in [0, 0.1) is 0 Å². The molecule has 2 aromatic carbocycles. The van der Waals surface area contributed by atoms with Gasteiger partial charge in [0, 0.05) is 0 Å². The van der Waals surface area contributed by atoms with Crippen LogP contribution in [-0.4, -0.2) is 35.3 Å². The summed E-state index contributed by atoms with van der Waals surface area (Å²) in [6.45, 7) is 3.65. The summed E-state index contributed by atoms with van der Waals surface area (Å²) in [7, 11) is 1.56. The van der Waals surface area contributed by atoms with Crippen molar-refractivity contribution in [1.82, 2.24) is 4.57 Å². The molecule has 0 aliphatic carbocycles. The van der Waals surface area contributed by atoms with Crippen molar-refractivity contribution in [3.05, 3.63) is 96.2 Å². The Morgan fingerprint density at radius 1 is 1.15 bits per heavy atom.